The summed E-state index contributed by atoms with van der Waals surface area (Å²) in [6.07, 6.45) is 3.50. The average molecular weight is 314 g/mol. The molecule has 1 aliphatic rings. The Labute approximate surface area is 127 Å². The summed E-state index contributed by atoms with van der Waals surface area (Å²) in [6, 6.07) is 4.18. The number of nitrogens with one attached hydrogen (secondary N) is 1. The van der Waals surface area contributed by atoms with Crippen molar-refractivity contribution in [2.45, 2.75) is 51.4 Å². The van der Waals surface area contributed by atoms with Gasteiger partial charge in [0.2, 0.25) is 10.0 Å². The standard InChI is InChI=1S/C15H26N2O3S/c1-4-13-11-17(21(18,19)12(2)3)8-7-15(13)16-10-14-6-5-9-20-14/h5-6,9,12-13,15-16H,4,7-8,10-11H2,1-3H3. The van der Waals surface area contributed by atoms with E-state index in [-0.39, 0.29) is 5.25 Å². The molecule has 1 saturated heterocycles. The van der Waals surface area contributed by atoms with Gasteiger partial charge < -0.3 is 9.73 Å². The second kappa shape index (κ2) is 6.94. The molecule has 0 amide bonds. The van der Waals surface area contributed by atoms with Crippen LogP contribution in [0.4, 0.5) is 0 Å². The van der Waals surface area contributed by atoms with Crippen LogP contribution in [-0.4, -0.2) is 37.1 Å². The summed E-state index contributed by atoms with van der Waals surface area (Å²) in [4.78, 5) is 0. The van der Waals surface area contributed by atoms with Crippen molar-refractivity contribution in [2.24, 2.45) is 5.92 Å². The van der Waals surface area contributed by atoms with Crippen LogP contribution in [0.3, 0.4) is 0 Å². The van der Waals surface area contributed by atoms with Gasteiger partial charge in [0.15, 0.2) is 0 Å². The Bertz CT molecular complexity index is 525. The molecule has 5 nitrogen and oxygen atoms in total. The first-order valence-corrected chi connectivity index (χ1v) is 9.20. The minimum absolute atomic E-state index is 0.345. The van der Waals surface area contributed by atoms with E-state index in [1.807, 2.05) is 12.1 Å². The molecule has 6 heteroatoms. The highest BCUT2D eigenvalue weighted by Gasteiger charge is 2.35. The van der Waals surface area contributed by atoms with Crippen molar-refractivity contribution in [3.8, 4) is 0 Å². The third-order valence-electron chi connectivity index (χ3n) is 4.30. The van der Waals surface area contributed by atoms with Gasteiger partial charge in [-0.25, -0.2) is 12.7 Å². The topological polar surface area (TPSA) is 62.6 Å². The summed E-state index contributed by atoms with van der Waals surface area (Å²) < 4.78 is 31.6. The Morgan fingerprint density at radius 3 is 2.81 bits per heavy atom. The van der Waals surface area contributed by atoms with Gasteiger partial charge in [0.05, 0.1) is 18.1 Å². The van der Waals surface area contributed by atoms with E-state index in [2.05, 4.69) is 12.2 Å². The molecule has 2 rings (SSSR count). The molecule has 1 aromatic rings. The normalized spacial score (nSPS) is 24.6. The summed E-state index contributed by atoms with van der Waals surface area (Å²) in [5.74, 6) is 1.27. The van der Waals surface area contributed by atoms with E-state index in [4.69, 9.17) is 4.42 Å². The number of hydrogen-bond acceptors (Lipinski definition) is 4. The minimum atomic E-state index is -3.14. The van der Waals surface area contributed by atoms with Crippen molar-refractivity contribution >= 4 is 10.0 Å². The van der Waals surface area contributed by atoms with E-state index in [9.17, 15) is 8.42 Å². The molecule has 1 fully saturated rings. The lowest BCUT2D eigenvalue weighted by Gasteiger charge is -2.38. The molecule has 2 heterocycles. The Hall–Kier alpha value is -0.850. The van der Waals surface area contributed by atoms with Gasteiger partial charge in [0.1, 0.15) is 5.76 Å². The van der Waals surface area contributed by atoms with E-state index in [1.165, 1.54) is 0 Å². The molecule has 1 aromatic heterocycles. The Morgan fingerprint density at radius 1 is 1.48 bits per heavy atom. The van der Waals surface area contributed by atoms with Crippen LogP contribution in [0.1, 0.15) is 39.4 Å². The second-order valence-corrected chi connectivity index (χ2v) is 8.46. The number of sulfonamides is 1. The van der Waals surface area contributed by atoms with Gasteiger partial charge in [0, 0.05) is 19.1 Å². The number of hydrogen-bond donors (Lipinski definition) is 1. The summed E-state index contributed by atoms with van der Waals surface area (Å²) >= 11 is 0. The van der Waals surface area contributed by atoms with Crippen LogP contribution in [0, 0.1) is 5.92 Å². The number of furan rings is 1. The van der Waals surface area contributed by atoms with E-state index < -0.39 is 10.0 Å². The third-order valence-corrected chi connectivity index (χ3v) is 6.54. The summed E-state index contributed by atoms with van der Waals surface area (Å²) in [7, 11) is -3.14. The van der Waals surface area contributed by atoms with E-state index in [0.717, 1.165) is 18.6 Å². The molecule has 0 bridgehead atoms. The predicted molar refractivity (Wildman–Crippen MR) is 83.4 cm³/mol. The highest BCUT2D eigenvalue weighted by molar-refractivity contribution is 7.89. The smallest absolute Gasteiger partial charge is 0.216 e. The molecule has 0 aliphatic carbocycles. The van der Waals surface area contributed by atoms with Crippen molar-refractivity contribution in [3.63, 3.8) is 0 Å². The van der Waals surface area contributed by atoms with Gasteiger partial charge in [-0.05, 0) is 38.3 Å². The number of nitrogens with zero attached hydrogens (tertiary/aromatic N) is 1. The number of piperidine rings is 1. The van der Waals surface area contributed by atoms with E-state index in [0.29, 0.717) is 31.6 Å². The fourth-order valence-corrected chi connectivity index (χ4v) is 4.21. The van der Waals surface area contributed by atoms with Crippen molar-refractivity contribution in [1.29, 1.82) is 0 Å². The Balaban J connectivity index is 1.95. The van der Waals surface area contributed by atoms with Crippen LogP contribution >= 0.6 is 0 Å². The first-order chi connectivity index (χ1) is 9.95. The zero-order chi connectivity index (χ0) is 15.5. The average Bonchev–Trinajstić information content (AvgIpc) is 2.97. The minimum Gasteiger partial charge on any atom is -0.468 e. The SMILES string of the molecule is CCC1CN(S(=O)(=O)C(C)C)CCC1NCc1ccco1. The lowest BCUT2D eigenvalue weighted by molar-refractivity contribution is 0.197. The van der Waals surface area contributed by atoms with Crippen molar-refractivity contribution < 1.29 is 12.8 Å². The lowest BCUT2D eigenvalue weighted by Crippen LogP contribution is -2.51. The third kappa shape index (κ3) is 3.87. The summed E-state index contributed by atoms with van der Waals surface area (Å²) in [5.41, 5.74) is 0. The molecular weight excluding hydrogens is 288 g/mol. The van der Waals surface area contributed by atoms with Gasteiger partial charge in [0.25, 0.3) is 0 Å². The van der Waals surface area contributed by atoms with Crippen molar-refractivity contribution in [1.82, 2.24) is 9.62 Å². The zero-order valence-corrected chi connectivity index (χ0v) is 13.9. The quantitative estimate of drug-likeness (QED) is 0.874. The predicted octanol–water partition coefficient (Wildman–Crippen LogP) is 2.21. The lowest BCUT2D eigenvalue weighted by atomic mass is 9.91. The Kier molecular flexibility index (Phi) is 5.46. The first kappa shape index (κ1) is 16.5. The monoisotopic (exact) mass is 314 g/mol. The van der Waals surface area contributed by atoms with Crippen LogP contribution in [0.5, 0.6) is 0 Å². The molecule has 0 saturated carbocycles. The van der Waals surface area contributed by atoms with Crippen LogP contribution in [0.2, 0.25) is 0 Å². The van der Waals surface area contributed by atoms with Crippen LogP contribution in [0.15, 0.2) is 22.8 Å². The maximum absolute atomic E-state index is 12.3. The molecule has 2 unspecified atom stereocenters. The van der Waals surface area contributed by atoms with Gasteiger partial charge in [-0.2, -0.15) is 0 Å². The van der Waals surface area contributed by atoms with Gasteiger partial charge >= 0.3 is 0 Å². The molecule has 0 radical (unpaired) electrons. The molecule has 2 atom stereocenters. The van der Waals surface area contributed by atoms with Gasteiger partial charge in [-0.15, -0.1) is 0 Å². The maximum Gasteiger partial charge on any atom is 0.216 e. The molecule has 1 aliphatic heterocycles. The summed E-state index contributed by atoms with van der Waals surface area (Å²) in [6.45, 7) is 7.54. The fraction of sp³-hybridized carbons (Fsp3) is 0.733. The first-order valence-electron chi connectivity index (χ1n) is 7.69. The highest BCUT2D eigenvalue weighted by Crippen LogP contribution is 2.24. The van der Waals surface area contributed by atoms with E-state index >= 15 is 0 Å². The molecule has 21 heavy (non-hydrogen) atoms. The molecule has 120 valence electrons. The number of rotatable bonds is 6. The maximum atomic E-state index is 12.3. The van der Waals surface area contributed by atoms with Crippen molar-refractivity contribution in [3.05, 3.63) is 24.2 Å². The summed E-state index contributed by atoms with van der Waals surface area (Å²) in [5, 5.41) is 3.17. The fourth-order valence-electron chi connectivity index (χ4n) is 2.86. The highest BCUT2D eigenvalue weighted by atomic mass is 32.2. The zero-order valence-electron chi connectivity index (χ0n) is 13.1. The molecule has 0 spiro atoms. The van der Waals surface area contributed by atoms with Crippen LogP contribution < -0.4 is 5.32 Å². The van der Waals surface area contributed by atoms with Crippen molar-refractivity contribution in [2.75, 3.05) is 13.1 Å². The van der Waals surface area contributed by atoms with Crippen LogP contribution in [0.25, 0.3) is 0 Å². The second-order valence-electron chi connectivity index (χ2n) is 5.98. The Morgan fingerprint density at radius 2 is 2.24 bits per heavy atom. The molecule has 1 N–H and O–H groups in total. The van der Waals surface area contributed by atoms with E-state index in [1.54, 1.807) is 24.4 Å². The van der Waals surface area contributed by atoms with Crippen LogP contribution in [-0.2, 0) is 16.6 Å². The van der Waals surface area contributed by atoms with Gasteiger partial charge in [-0.1, -0.05) is 13.3 Å². The molecule has 0 aromatic carbocycles. The largest absolute Gasteiger partial charge is 0.468 e. The molecular formula is C15H26N2O3S. The van der Waals surface area contributed by atoms with Gasteiger partial charge in [-0.3, -0.25) is 0 Å².